The van der Waals surface area contributed by atoms with Crippen molar-refractivity contribution in [3.05, 3.63) is 76.1 Å². The van der Waals surface area contributed by atoms with Crippen LogP contribution in [0.25, 0.3) is 21.6 Å². The second kappa shape index (κ2) is 6.38. The highest BCUT2D eigenvalue weighted by Gasteiger charge is 2.21. The van der Waals surface area contributed by atoms with E-state index < -0.39 is 0 Å². The molecule has 0 unspecified atom stereocenters. The Morgan fingerprint density at radius 1 is 0.923 bits per heavy atom. The van der Waals surface area contributed by atoms with Crippen LogP contribution in [0.3, 0.4) is 0 Å². The van der Waals surface area contributed by atoms with E-state index in [1.807, 2.05) is 29.6 Å². The fraction of sp³-hybridized carbons (Fsp3) is 0.143. The number of aromatic nitrogens is 2. The molecule has 5 heteroatoms. The molecule has 3 heterocycles. The summed E-state index contributed by atoms with van der Waals surface area (Å²) in [7, 11) is 0. The van der Waals surface area contributed by atoms with E-state index in [2.05, 4.69) is 35.2 Å². The van der Waals surface area contributed by atoms with Crippen molar-refractivity contribution in [2.45, 2.75) is 13.0 Å². The van der Waals surface area contributed by atoms with Crippen molar-refractivity contribution in [2.24, 2.45) is 0 Å². The first-order valence-electron chi connectivity index (χ1n) is 8.61. The van der Waals surface area contributed by atoms with Crippen molar-refractivity contribution in [1.29, 1.82) is 0 Å². The lowest BCUT2D eigenvalue weighted by Crippen LogP contribution is -2.31. The van der Waals surface area contributed by atoms with Gasteiger partial charge < -0.3 is 4.90 Å². The number of para-hydroxylation sites is 1. The van der Waals surface area contributed by atoms with Crippen molar-refractivity contribution in [1.82, 2.24) is 9.97 Å². The van der Waals surface area contributed by atoms with Gasteiger partial charge >= 0.3 is 0 Å². The predicted octanol–water partition coefficient (Wildman–Crippen LogP) is 5.57. The van der Waals surface area contributed by atoms with Crippen molar-refractivity contribution in [3.8, 4) is 10.7 Å². The molecule has 2 aromatic carbocycles. The Labute approximate surface area is 160 Å². The average molecular weight is 378 g/mol. The number of rotatable bonds is 2. The lowest BCUT2D eigenvalue weighted by Gasteiger charge is -2.30. The molecule has 4 aromatic rings. The third kappa shape index (κ3) is 2.66. The van der Waals surface area contributed by atoms with Gasteiger partial charge in [-0.2, -0.15) is 0 Å². The fourth-order valence-electron chi connectivity index (χ4n) is 3.53. The third-order valence-electron chi connectivity index (χ3n) is 4.83. The lowest BCUT2D eigenvalue weighted by molar-refractivity contribution is 0.723. The Morgan fingerprint density at radius 2 is 1.73 bits per heavy atom. The number of thiophene rings is 1. The number of hydrogen-bond donors (Lipinski definition) is 0. The van der Waals surface area contributed by atoms with Crippen LogP contribution < -0.4 is 4.90 Å². The van der Waals surface area contributed by atoms with Crippen molar-refractivity contribution >= 4 is 39.7 Å². The minimum absolute atomic E-state index is 0.706. The predicted molar refractivity (Wildman–Crippen MR) is 109 cm³/mol. The molecule has 0 amide bonds. The second-order valence-electron chi connectivity index (χ2n) is 6.43. The van der Waals surface area contributed by atoms with Crippen molar-refractivity contribution in [2.75, 3.05) is 11.4 Å². The number of hydrogen-bond acceptors (Lipinski definition) is 4. The van der Waals surface area contributed by atoms with Crippen molar-refractivity contribution < 1.29 is 0 Å². The molecule has 0 bridgehead atoms. The van der Waals surface area contributed by atoms with Crippen LogP contribution in [-0.4, -0.2) is 16.5 Å². The lowest BCUT2D eigenvalue weighted by atomic mass is 9.99. The van der Waals surface area contributed by atoms with E-state index in [9.17, 15) is 0 Å². The molecule has 0 saturated heterocycles. The Morgan fingerprint density at radius 3 is 2.58 bits per heavy atom. The molecule has 0 fully saturated rings. The van der Waals surface area contributed by atoms with E-state index in [1.54, 1.807) is 11.3 Å². The SMILES string of the molecule is Clc1ccsc1-c1nc(N2CCc3ccccc3C2)c2ccccc2n1. The minimum atomic E-state index is 0.706. The Balaban J connectivity index is 1.66. The molecule has 0 N–H and O–H groups in total. The topological polar surface area (TPSA) is 29.0 Å². The van der Waals surface area contributed by atoms with Crippen LogP contribution in [0.2, 0.25) is 5.02 Å². The Bertz CT molecular complexity index is 1110. The van der Waals surface area contributed by atoms with Crippen LogP contribution in [0.1, 0.15) is 11.1 Å². The molecule has 5 rings (SSSR count). The van der Waals surface area contributed by atoms with Crippen LogP contribution in [0.15, 0.2) is 60.0 Å². The smallest absolute Gasteiger partial charge is 0.173 e. The molecule has 0 saturated carbocycles. The van der Waals surface area contributed by atoms with Gasteiger partial charge in [-0.3, -0.25) is 0 Å². The molecule has 1 aliphatic rings. The highest BCUT2D eigenvalue weighted by molar-refractivity contribution is 7.14. The van der Waals surface area contributed by atoms with Crippen LogP contribution in [0.4, 0.5) is 5.82 Å². The van der Waals surface area contributed by atoms with E-state index in [1.165, 1.54) is 11.1 Å². The van der Waals surface area contributed by atoms with E-state index in [0.29, 0.717) is 10.8 Å². The Hall–Kier alpha value is -2.43. The molecule has 2 aromatic heterocycles. The molecular formula is C21H16ClN3S. The van der Waals surface area contributed by atoms with E-state index in [0.717, 1.165) is 41.1 Å². The molecule has 0 aliphatic carbocycles. The van der Waals surface area contributed by atoms with Gasteiger partial charge in [0.25, 0.3) is 0 Å². The summed E-state index contributed by atoms with van der Waals surface area (Å²) in [5, 5.41) is 3.77. The summed E-state index contributed by atoms with van der Waals surface area (Å²) in [6, 6.07) is 18.8. The monoisotopic (exact) mass is 377 g/mol. The second-order valence-corrected chi connectivity index (χ2v) is 7.75. The normalized spacial score (nSPS) is 13.8. The average Bonchev–Trinajstić information content (AvgIpc) is 3.12. The highest BCUT2D eigenvalue weighted by atomic mass is 35.5. The molecule has 128 valence electrons. The quantitative estimate of drug-likeness (QED) is 0.457. The third-order valence-corrected chi connectivity index (χ3v) is 6.17. The molecule has 0 radical (unpaired) electrons. The maximum Gasteiger partial charge on any atom is 0.173 e. The highest BCUT2D eigenvalue weighted by Crippen LogP contribution is 2.35. The zero-order chi connectivity index (χ0) is 17.5. The summed E-state index contributed by atoms with van der Waals surface area (Å²) < 4.78 is 0. The van der Waals surface area contributed by atoms with E-state index >= 15 is 0 Å². The maximum absolute atomic E-state index is 6.35. The molecule has 1 aliphatic heterocycles. The van der Waals surface area contributed by atoms with Crippen LogP contribution in [0, 0.1) is 0 Å². The van der Waals surface area contributed by atoms with Gasteiger partial charge in [-0.25, -0.2) is 9.97 Å². The van der Waals surface area contributed by atoms with Crippen molar-refractivity contribution in [3.63, 3.8) is 0 Å². The van der Waals surface area contributed by atoms with Crippen LogP contribution >= 0.6 is 22.9 Å². The number of anilines is 1. The summed E-state index contributed by atoms with van der Waals surface area (Å²) >= 11 is 7.93. The van der Waals surface area contributed by atoms with Gasteiger partial charge in [-0.15, -0.1) is 11.3 Å². The van der Waals surface area contributed by atoms with Gasteiger partial charge in [0.05, 0.1) is 15.4 Å². The number of halogens is 1. The molecule has 3 nitrogen and oxygen atoms in total. The number of nitrogens with zero attached hydrogens (tertiary/aromatic N) is 3. The van der Waals surface area contributed by atoms with Gasteiger partial charge in [-0.05, 0) is 41.1 Å². The number of fused-ring (bicyclic) bond motifs is 2. The van der Waals surface area contributed by atoms with E-state index in [4.69, 9.17) is 21.6 Å². The van der Waals surface area contributed by atoms with Gasteiger partial charge in [-0.1, -0.05) is 48.0 Å². The fourth-order valence-corrected chi connectivity index (χ4v) is 4.61. The summed E-state index contributed by atoms with van der Waals surface area (Å²) in [5.41, 5.74) is 3.76. The zero-order valence-corrected chi connectivity index (χ0v) is 15.6. The largest absolute Gasteiger partial charge is 0.351 e. The molecule has 0 atom stereocenters. The molecule has 26 heavy (non-hydrogen) atoms. The first-order chi connectivity index (χ1) is 12.8. The summed E-state index contributed by atoms with van der Waals surface area (Å²) in [5.74, 6) is 1.70. The molecule has 0 spiro atoms. The minimum Gasteiger partial charge on any atom is -0.351 e. The summed E-state index contributed by atoms with van der Waals surface area (Å²) in [4.78, 5) is 13.0. The van der Waals surface area contributed by atoms with Gasteiger partial charge in [0.15, 0.2) is 5.82 Å². The summed E-state index contributed by atoms with van der Waals surface area (Å²) in [6.45, 7) is 1.82. The van der Waals surface area contributed by atoms with E-state index in [-0.39, 0.29) is 0 Å². The first kappa shape index (κ1) is 15.8. The van der Waals surface area contributed by atoms with Gasteiger partial charge in [0.1, 0.15) is 5.82 Å². The number of benzene rings is 2. The van der Waals surface area contributed by atoms with Gasteiger partial charge in [0, 0.05) is 18.5 Å². The molecular weight excluding hydrogens is 362 g/mol. The summed E-state index contributed by atoms with van der Waals surface area (Å²) in [6.07, 6.45) is 1.03. The van der Waals surface area contributed by atoms with Gasteiger partial charge in [0.2, 0.25) is 0 Å². The standard InChI is InChI=1S/C21H16ClN3S/c22-17-10-12-26-19(17)20-23-18-8-4-3-7-16(18)21(24-20)25-11-9-14-5-1-2-6-15(14)13-25/h1-8,10,12H,9,11,13H2. The zero-order valence-electron chi connectivity index (χ0n) is 14.0. The first-order valence-corrected chi connectivity index (χ1v) is 9.87. The maximum atomic E-state index is 6.35. The van der Waals surface area contributed by atoms with Crippen LogP contribution in [0.5, 0.6) is 0 Å². The van der Waals surface area contributed by atoms with Crippen LogP contribution in [-0.2, 0) is 13.0 Å². The Kier molecular flexibility index (Phi) is 3.88.